The van der Waals surface area contributed by atoms with Gasteiger partial charge >= 0.3 is 0 Å². The molecule has 2 atom stereocenters. The first-order valence-corrected chi connectivity index (χ1v) is 17.2. The highest BCUT2D eigenvalue weighted by Gasteiger charge is 2.25. The van der Waals surface area contributed by atoms with Crippen molar-refractivity contribution in [1.29, 1.82) is 0 Å². The Balaban J connectivity index is 1.25. The Kier molecular flexibility index (Phi) is 13.9. The summed E-state index contributed by atoms with van der Waals surface area (Å²) < 4.78 is 13.0. The summed E-state index contributed by atoms with van der Waals surface area (Å²) in [7, 11) is 0. The van der Waals surface area contributed by atoms with Gasteiger partial charge in [-0.3, -0.25) is 0 Å². The van der Waals surface area contributed by atoms with Crippen molar-refractivity contribution in [3.05, 3.63) is 140 Å². The number of aliphatic hydroxyl groups excluding tert-OH is 2. The zero-order valence-corrected chi connectivity index (χ0v) is 30.2. The van der Waals surface area contributed by atoms with E-state index in [2.05, 4.69) is 139 Å². The van der Waals surface area contributed by atoms with Crippen LogP contribution in [0.4, 0.5) is 0 Å². The summed E-state index contributed by atoms with van der Waals surface area (Å²) >= 11 is 0. The lowest BCUT2D eigenvalue weighted by atomic mass is 9.88. The molecule has 4 N–H and O–H groups in total. The summed E-state index contributed by atoms with van der Waals surface area (Å²) in [5.74, 6) is 0. The zero-order chi connectivity index (χ0) is 34.8. The van der Waals surface area contributed by atoms with Crippen LogP contribution >= 0.6 is 0 Å². The van der Waals surface area contributed by atoms with Gasteiger partial charge in [-0.2, -0.15) is 0 Å². The molecule has 0 fully saturated rings. The minimum absolute atomic E-state index is 0.213. The van der Waals surface area contributed by atoms with E-state index in [1.807, 2.05) is 0 Å². The molecule has 0 aliphatic rings. The maximum absolute atomic E-state index is 10.8. The van der Waals surface area contributed by atoms with Crippen LogP contribution in [0.25, 0.3) is 0 Å². The largest absolute Gasteiger partial charge is 0.389 e. The van der Waals surface area contributed by atoms with E-state index in [0.717, 1.165) is 22.3 Å². The van der Waals surface area contributed by atoms with E-state index in [4.69, 9.17) is 9.47 Å². The first kappa shape index (κ1) is 37.5. The second-order valence-corrected chi connectivity index (χ2v) is 13.4. The van der Waals surface area contributed by atoms with Crippen LogP contribution < -0.4 is 10.6 Å². The van der Waals surface area contributed by atoms with E-state index in [1.54, 1.807) is 0 Å². The molecule has 0 aliphatic carbocycles. The van der Waals surface area contributed by atoms with Gasteiger partial charge in [0.15, 0.2) is 0 Å². The molecule has 0 saturated carbocycles. The number of rotatable bonds is 17. The fourth-order valence-electron chi connectivity index (χ4n) is 6.83. The van der Waals surface area contributed by atoms with Crippen molar-refractivity contribution >= 4 is 0 Å². The van der Waals surface area contributed by atoms with Crippen LogP contribution in [-0.2, 0) is 9.47 Å². The van der Waals surface area contributed by atoms with Crippen molar-refractivity contribution in [2.24, 2.45) is 0 Å². The van der Waals surface area contributed by atoms with Gasteiger partial charge in [0.05, 0.1) is 25.4 Å². The molecule has 0 unspecified atom stereocenters. The third-order valence-electron chi connectivity index (χ3n) is 9.37. The first-order valence-electron chi connectivity index (χ1n) is 17.2. The molecule has 4 aromatic carbocycles. The average molecular weight is 653 g/mol. The Morgan fingerprint density at radius 2 is 0.667 bits per heavy atom. The van der Waals surface area contributed by atoms with Crippen LogP contribution in [0.1, 0.15) is 79.0 Å². The molecule has 0 bridgehead atoms. The highest BCUT2D eigenvalue weighted by atomic mass is 16.5. The quantitative estimate of drug-likeness (QED) is 0.0923. The normalized spacial score (nSPS) is 13.0. The van der Waals surface area contributed by atoms with Crippen LogP contribution in [0.2, 0.25) is 0 Å². The Morgan fingerprint density at radius 3 is 0.896 bits per heavy atom. The molecule has 0 radical (unpaired) electrons. The topological polar surface area (TPSA) is 83.0 Å². The molecule has 0 spiro atoms. The van der Waals surface area contributed by atoms with E-state index >= 15 is 0 Å². The molecule has 6 nitrogen and oxygen atoms in total. The summed E-state index contributed by atoms with van der Waals surface area (Å²) in [6.45, 7) is 19.5. The second kappa shape index (κ2) is 17.9. The van der Waals surface area contributed by atoms with Gasteiger partial charge in [0, 0.05) is 26.2 Å². The number of aryl methyl sites for hydroxylation is 8. The van der Waals surface area contributed by atoms with E-state index in [9.17, 15) is 10.2 Å². The van der Waals surface area contributed by atoms with Crippen molar-refractivity contribution in [1.82, 2.24) is 10.6 Å². The monoisotopic (exact) mass is 652 g/mol. The van der Waals surface area contributed by atoms with Gasteiger partial charge in [0.1, 0.15) is 12.2 Å². The standard InChI is InChI=1S/C42H56N2O4/c1-27-13-9-14-28(2)37(27)41(38-29(3)15-10-16-30(38)4)47-25-35(45)23-43-21-22-44-24-36(46)26-48-42(39-31(5)17-11-18-32(39)6)40-33(7)19-12-20-34(40)8/h9-20,35-36,41-46H,21-26H2,1-8H3/t35-,36-/m0/s1. The van der Waals surface area contributed by atoms with E-state index in [-0.39, 0.29) is 25.4 Å². The third kappa shape index (κ3) is 9.63. The summed E-state index contributed by atoms with van der Waals surface area (Å²) in [4.78, 5) is 0. The molecule has 4 aromatic rings. The molecular formula is C42H56N2O4. The molecule has 0 saturated heterocycles. The van der Waals surface area contributed by atoms with Crippen LogP contribution in [0.3, 0.4) is 0 Å². The van der Waals surface area contributed by atoms with Gasteiger partial charge in [-0.1, -0.05) is 72.8 Å². The average Bonchev–Trinajstić information content (AvgIpc) is 3.03. The van der Waals surface area contributed by atoms with Gasteiger partial charge in [-0.05, 0) is 122 Å². The van der Waals surface area contributed by atoms with Crippen LogP contribution in [-0.4, -0.2) is 61.8 Å². The maximum atomic E-state index is 10.8. The number of aliphatic hydroxyl groups is 2. The lowest BCUT2D eigenvalue weighted by Crippen LogP contribution is -2.38. The summed E-state index contributed by atoms with van der Waals surface area (Å²) in [6.07, 6.45) is -1.83. The lowest BCUT2D eigenvalue weighted by molar-refractivity contribution is 0.00460. The predicted molar refractivity (Wildman–Crippen MR) is 197 cm³/mol. The summed E-state index contributed by atoms with van der Waals surface area (Å²) in [6, 6.07) is 25.3. The third-order valence-corrected chi connectivity index (χ3v) is 9.37. The summed E-state index contributed by atoms with van der Waals surface area (Å²) in [5.41, 5.74) is 14.1. The molecule has 258 valence electrons. The first-order chi connectivity index (χ1) is 23.0. The molecule has 4 rings (SSSR count). The van der Waals surface area contributed by atoms with Crippen molar-refractivity contribution < 1.29 is 19.7 Å². The Labute approximate surface area is 288 Å². The van der Waals surface area contributed by atoms with Gasteiger partial charge in [-0.15, -0.1) is 0 Å². The molecule has 0 amide bonds. The molecule has 0 aliphatic heterocycles. The fourth-order valence-corrected chi connectivity index (χ4v) is 6.83. The van der Waals surface area contributed by atoms with Gasteiger partial charge in [-0.25, -0.2) is 0 Å². The fraction of sp³-hybridized carbons (Fsp3) is 0.429. The van der Waals surface area contributed by atoms with E-state index < -0.39 is 12.2 Å². The Morgan fingerprint density at radius 1 is 0.438 bits per heavy atom. The summed E-state index contributed by atoms with van der Waals surface area (Å²) in [5, 5.41) is 28.3. The smallest absolute Gasteiger partial charge is 0.109 e. The van der Waals surface area contributed by atoms with Crippen LogP contribution in [0.5, 0.6) is 0 Å². The SMILES string of the molecule is Cc1cccc(C)c1C(OC[C@@H](O)CNCCNC[C@H](O)COC(c1c(C)cccc1C)c1c(C)cccc1C)c1c(C)cccc1C. The van der Waals surface area contributed by atoms with Gasteiger partial charge < -0.3 is 30.3 Å². The maximum Gasteiger partial charge on any atom is 0.109 e. The molecular weight excluding hydrogens is 596 g/mol. The lowest BCUT2D eigenvalue weighted by Gasteiger charge is -2.27. The highest BCUT2D eigenvalue weighted by Crippen LogP contribution is 2.36. The zero-order valence-electron chi connectivity index (χ0n) is 30.2. The minimum atomic E-state index is -0.660. The van der Waals surface area contributed by atoms with Crippen molar-refractivity contribution in [3.63, 3.8) is 0 Å². The number of ether oxygens (including phenoxy) is 2. The molecule has 0 heterocycles. The molecule has 6 heteroatoms. The number of benzene rings is 4. The predicted octanol–water partition coefficient (Wildman–Crippen LogP) is 6.97. The number of hydrogen-bond acceptors (Lipinski definition) is 6. The van der Waals surface area contributed by atoms with Crippen LogP contribution in [0.15, 0.2) is 72.8 Å². The Bertz CT molecular complexity index is 1330. The van der Waals surface area contributed by atoms with Crippen molar-refractivity contribution in [2.75, 3.05) is 39.4 Å². The van der Waals surface area contributed by atoms with Crippen LogP contribution in [0, 0.1) is 55.4 Å². The molecule has 0 aromatic heterocycles. The van der Waals surface area contributed by atoms with Gasteiger partial charge in [0.2, 0.25) is 0 Å². The van der Waals surface area contributed by atoms with Crippen molar-refractivity contribution in [2.45, 2.75) is 79.8 Å². The number of nitrogens with one attached hydrogen (secondary N) is 2. The van der Waals surface area contributed by atoms with E-state index in [0.29, 0.717) is 26.2 Å². The Hall–Kier alpha value is -3.36. The second-order valence-electron chi connectivity index (χ2n) is 13.4. The van der Waals surface area contributed by atoms with Crippen molar-refractivity contribution in [3.8, 4) is 0 Å². The molecule has 48 heavy (non-hydrogen) atoms. The minimum Gasteiger partial charge on any atom is -0.389 e. The number of hydrogen-bond donors (Lipinski definition) is 4. The van der Waals surface area contributed by atoms with E-state index in [1.165, 1.54) is 44.5 Å². The van der Waals surface area contributed by atoms with Gasteiger partial charge in [0.25, 0.3) is 0 Å². The highest BCUT2D eigenvalue weighted by molar-refractivity contribution is 5.47.